The van der Waals surface area contributed by atoms with Crippen LogP contribution in [0.15, 0.2) is 18.2 Å². The Bertz CT molecular complexity index is 496. The van der Waals surface area contributed by atoms with E-state index in [4.69, 9.17) is 4.74 Å². The van der Waals surface area contributed by atoms with Gasteiger partial charge in [-0.25, -0.2) is 0 Å². The van der Waals surface area contributed by atoms with Crippen LogP contribution in [0.1, 0.15) is 35.7 Å². The second-order valence-corrected chi connectivity index (χ2v) is 5.94. The number of benzene rings is 1. The van der Waals surface area contributed by atoms with E-state index in [1.54, 1.807) is 7.11 Å². The van der Waals surface area contributed by atoms with Crippen LogP contribution in [-0.2, 0) is 0 Å². The van der Waals surface area contributed by atoms with E-state index in [1.807, 2.05) is 36.9 Å². The van der Waals surface area contributed by atoms with Crippen LogP contribution >= 0.6 is 0 Å². The van der Waals surface area contributed by atoms with Gasteiger partial charge in [0.05, 0.1) is 24.8 Å². The number of piperidine rings is 1. The summed E-state index contributed by atoms with van der Waals surface area (Å²) in [6.07, 6.45) is 1.72. The number of nitrogens with zero attached hydrogens (tertiary/aromatic N) is 1. The number of carbonyl (C=O) groups excluding carboxylic acids is 1. The second kappa shape index (κ2) is 5.94. The number of aliphatic hydroxyl groups is 1. The molecule has 1 aromatic rings. The van der Waals surface area contributed by atoms with Crippen LogP contribution in [0.3, 0.4) is 0 Å². The van der Waals surface area contributed by atoms with E-state index in [1.165, 1.54) is 0 Å². The molecule has 1 fully saturated rings. The molecule has 20 heavy (non-hydrogen) atoms. The maximum atomic E-state index is 12.4. The summed E-state index contributed by atoms with van der Waals surface area (Å²) in [5.74, 6) is 0.665. The van der Waals surface area contributed by atoms with Crippen LogP contribution in [0.25, 0.3) is 0 Å². The van der Waals surface area contributed by atoms with E-state index >= 15 is 0 Å². The Hall–Kier alpha value is -1.39. The summed E-state index contributed by atoms with van der Waals surface area (Å²) >= 11 is 0. The zero-order chi connectivity index (χ0) is 14.8. The van der Waals surface area contributed by atoms with Crippen molar-refractivity contribution in [3.05, 3.63) is 29.3 Å². The molecule has 0 saturated carbocycles. The number of hydrogen-bond donors (Lipinski definition) is 1. The van der Waals surface area contributed by atoms with E-state index in [2.05, 4.69) is 0 Å². The lowest BCUT2D eigenvalue weighted by Gasteiger charge is -2.36. The topological polar surface area (TPSA) is 49.8 Å². The molecule has 2 rings (SSSR count). The van der Waals surface area contributed by atoms with E-state index < -0.39 is 5.60 Å². The van der Waals surface area contributed by atoms with Crippen LogP contribution in [0, 0.1) is 6.92 Å². The fourth-order valence-corrected chi connectivity index (χ4v) is 2.78. The minimum Gasteiger partial charge on any atom is -0.496 e. The third kappa shape index (κ3) is 3.58. The monoisotopic (exact) mass is 277 g/mol. The van der Waals surface area contributed by atoms with Gasteiger partial charge in [-0.3, -0.25) is 9.69 Å². The first kappa shape index (κ1) is 15.0. The van der Waals surface area contributed by atoms with Gasteiger partial charge in [-0.05, 0) is 50.9 Å². The van der Waals surface area contributed by atoms with E-state index in [-0.39, 0.29) is 5.78 Å². The number of ether oxygens (including phenoxy) is 1. The van der Waals surface area contributed by atoms with Crippen LogP contribution in [0.2, 0.25) is 0 Å². The van der Waals surface area contributed by atoms with Gasteiger partial charge in [0, 0.05) is 6.54 Å². The lowest BCUT2D eigenvalue weighted by atomic mass is 9.94. The molecule has 0 aromatic heterocycles. The van der Waals surface area contributed by atoms with Crippen molar-refractivity contribution in [3.8, 4) is 5.75 Å². The predicted molar refractivity (Wildman–Crippen MR) is 78.4 cm³/mol. The first-order chi connectivity index (χ1) is 9.41. The number of β-amino-alcohol motifs (C(OH)–C–C–N with tert-alkyl or cyclic N) is 1. The van der Waals surface area contributed by atoms with Crippen molar-refractivity contribution < 1.29 is 14.6 Å². The largest absolute Gasteiger partial charge is 0.496 e. The van der Waals surface area contributed by atoms with Gasteiger partial charge in [-0.15, -0.1) is 0 Å². The highest BCUT2D eigenvalue weighted by molar-refractivity contribution is 6.00. The quantitative estimate of drug-likeness (QED) is 0.856. The fourth-order valence-electron chi connectivity index (χ4n) is 2.78. The predicted octanol–water partition coefficient (Wildman–Crippen LogP) is 2.03. The molecule has 0 amide bonds. The van der Waals surface area contributed by atoms with Gasteiger partial charge >= 0.3 is 0 Å². The van der Waals surface area contributed by atoms with Gasteiger partial charge < -0.3 is 9.84 Å². The fraction of sp³-hybridized carbons (Fsp3) is 0.562. The highest BCUT2D eigenvalue weighted by atomic mass is 16.5. The smallest absolute Gasteiger partial charge is 0.180 e. The number of rotatable bonds is 4. The van der Waals surface area contributed by atoms with E-state index in [9.17, 15) is 9.90 Å². The number of ketones is 1. The average Bonchev–Trinajstić information content (AvgIpc) is 2.37. The van der Waals surface area contributed by atoms with Gasteiger partial charge in [0.2, 0.25) is 0 Å². The minimum absolute atomic E-state index is 0.0413. The molecule has 1 N–H and O–H groups in total. The first-order valence-corrected chi connectivity index (χ1v) is 7.04. The van der Waals surface area contributed by atoms with Crippen molar-refractivity contribution >= 4 is 5.78 Å². The van der Waals surface area contributed by atoms with E-state index in [0.29, 0.717) is 24.4 Å². The molecule has 110 valence electrons. The number of Topliss-reactive ketones (excluding diaryl/α,β-unsaturated/α-hetero) is 1. The number of aryl methyl sites for hydroxylation is 1. The van der Waals surface area contributed by atoms with Crippen molar-refractivity contribution in [3.63, 3.8) is 0 Å². The maximum Gasteiger partial charge on any atom is 0.180 e. The van der Waals surface area contributed by atoms with Crippen LogP contribution in [0.5, 0.6) is 5.75 Å². The van der Waals surface area contributed by atoms with Crippen LogP contribution in [-0.4, -0.2) is 48.1 Å². The third-order valence-corrected chi connectivity index (χ3v) is 3.78. The maximum absolute atomic E-state index is 12.4. The number of carbonyl (C=O) groups is 1. The summed E-state index contributed by atoms with van der Waals surface area (Å²) in [7, 11) is 1.58. The second-order valence-electron chi connectivity index (χ2n) is 5.94. The first-order valence-electron chi connectivity index (χ1n) is 7.04. The zero-order valence-electron chi connectivity index (χ0n) is 12.5. The molecular formula is C16H23NO3. The summed E-state index contributed by atoms with van der Waals surface area (Å²) in [6.45, 7) is 5.53. The molecule has 1 unspecified atom stereocenters. The van der Waals surface area contributed by atoms with Crippen LogP contribution in [0.4, 0.5) is 0 Å². The molecule has 0 bridgehead atoms. The van der Waals surface area contributed by atoms with Crippen molar-refractivity contribution in [2.45, 2.75) is 32.3 Å². The third-order valence-electron chi connectivity index (χ3n) is 3.78. The van der Waals surface area contributed by atoms with Crippen molar-refractivity contribution in [1.29, 1.82) is 0 Å². The molecule has 1 atom stereocenters. The molecule has 1 aromatic carbocycles. The highest BCUT2D eigenvalue weighted by Gasteiger charge is 2.29. The SMILES string of the molecule is COc1cc(C)ccc1C(=O)CN1CCCC(C)(O)C1. The standard InChI is InChI=1S/C16H23NO3/c1-12-5-6-13(15(9-12)20-3)14(18)10-17-8-4-7-16(2,19)11-17/h5-6,9,19H,4,7-8,10-11H2,1-3H3. The molecule has 0 spiro atoms. The zero-order valence-corrected chi connectivity index (χ0v) is 12.5. The number of hydrogen-bond acceptors (Lipinski definition) is 4. The molecule has 4 nitrogen and oxygen atoms in total. The highest BCUT2D eigenvalue weighted by Crippen LogP contribution is 2.23. The Morgan fingerprint density at radius 1 is 1.50 bits per heavy atom. The normalized spacial score (nSPS) is 23.6. The van der Waals surface area contributed by atoms with E-state index in [0.717, 1.165) is 24.9 Å². The summed E-state index contributed by atoms with van der Waals surface area (Å²) in [5, 5.41) is 10.1. The molecule has 0 aliphatic carbocycles. The van der Waals surface area contributed by atoms with Gasteiger partial charge in [-0.1, -0.05) is 6.07 Å². The molecule has 4 heteroatoms. The minimum atomic E-state index is -0.685. The molecule has 1 saturated heterocycles. The van der Waals surface area contributed by atoms with Gasteiger partial charge in [0.25, 0.3) is 0 Å². The Balaban J connectivity index is 2.08. The van der Waals surface area contributed by atoms with Crippen molar-refractivity contribution in [2.24, 2.45) is 0 Å². The lowest BCUT2D eigenvalue weighted by Crippen LogP contribution is -2.47. The van der Waals surface area contributed by atoms with Gasteiger partial charge in [0.1, 0.15) is 5.75 Å². The number of likely N-dealkylation sites (tertiary alicyclic amines) is 1. The van der Waals surface area contributed by atoms with Crippen molar-refractivity contribution in [2.75, 3.05) is 26.7 Å². The molecule has 1 heterocycles. The van der Waals surface area contributed by atoms with Crippen molar-refractivity contribution in [1.82, 2.24) is 4.90 Å². The Morgan fingerprint density at radius 3 is 2.90 bits per heavy atom. The summed E-state index contributed by atoms with van der Waals surface area (Å²) < 4.78 is 5.29. The van der Waals surface area contributed by atoms with Crippen LogP contribution < -0.4 is 4.74 Å². The summed E-state index contributed by atoms with van der Waals surface area (Å²) in [5.41, 5.74) is 0.998. The van der Waals surface area contributed by atoms with Gasteiger partial charge in [0.15, 0.2) is 5.78 Å². The summed E-state index contributed by atoms with van der Waals surface area (Å²) in [6, 6.07) is 5.61. The molecule has 0 radical (unpaired) electrons. The Labute approximate surface area is 120 Å². The Morgan fingerprint density at radius 2 is 2.25 bits per heavy atom. The number of methoxy groups -OCH3 is 1. The Kier molecular flexibility index (Phi) is 4.45. The lowest BCUT2D eigenvalue weighted by molar-refractivity contribution is -0.0133. The molecule has 1 aliphatic rings. The van der Waals surface area contributed by atoms with Gasteiger partial charge in [-0.2, -0.15) is 0 Å². The average molecular weight is 277 g/mol. The summed E-state index contributed by atoms with van der Waals surface area (Å²) in [4.78, 5) is 14.4. The molecule has 1 aliphatic heterocycles. The molecular weight excluding hydrogens is 254 g/mol.